The van der Waals surface area contributed by atoms with Crippen molar-refractivity contribution < 1.29 is 10.0 Å². The van der Waals surface area contributed by atoms with Gasteiger partial charge in [0.15, 0.2) is 0 Å². The summed E-state index contributed by atoms with van der Waals surface area (Å²) in [6.07, 6.45) is 5.25. The molecule has 0 radical (unpaired) electrons. The number of hydrogen-bond donors (Lipinski definition) is 1. The molecule has 168 valence electrons. The quantitative estimate of drug-likeness (QED) is 0.622. The molecule has 0 saturated carbocycles. The van der Waals surface area contributed by atoms with E-state index in [4.69, 9.17) is 5.21 Å². The number of anilines is 1. The predicted molar refractivity (Wildman–Crippen MR) is 122 cm³/mol. The van der Waals surface area contributed by atoms with Crippen molar-refractivity contribution in [2.75, 3.05) is 18.3 Å². The molecule has 1 amide bonds. The van der Waals surface area contributed by atoms with E-state index in [1.807, 2.05) is 24.1 Å². The fourth-order valence-electron chi connectivity index (χ4n) is 5.50. The number of nitrogens with zero attached hydrogens (tertiary/aromatic N) is 4. The van der Waals surface area contributed by atoms with Gasteiger partial charge in [0, 0.05) is 61.8 Å². The van der Waals surface area contributed by atoms with Crippen LogP contribution < -0.4 is 10.8 Å². The Bertz CT molecular complexity index is 1230. The number of rotatable bonds is 5. The summed E-state index contributed by atoms with van der Waals surface area (Å²) in [5.74, 6) is 0.411. The summed E-state index contributed by atoms with van der Waals surface area (Å²) in [4.78, 5) is 27.5. The lowest BCUT2D eigenvalue weighted by molar-refractivity contribution is -0.134. The van der Waals surface area contributed by atoms with E-state index in [0.29, 0.717) is 26.1 Å². The molecule has 2 aliphatic rings. The fourth-order valence-corrected chi connectivity index (χ4v) is 5.50. The molecule has 5 rings (SSSR count). The second-order valence-electron chi connectivity index (χ2n) is 9.07. The molecule has 2 aromatic heterocycles. The largest absolute Gasteiger partial charge is 0.733 e. The van der Waals surface area contributed by atoms with Crippen molar-refractivity contribution >= 4 is 22.5 Å². The number of benzene rings is 1. The summed E-state index contributed by atoms with van der Waals surface area (Å²) in [5.41, 5.74) is 2.58. The Labute approximate surface area is 185 Å². The predicted octanol–water partition coefficient (Wildman–Crippen LogP) is 3.00. The number of likely N-dealkylation sites (tertiary alicyclic amines) is 1. The van der Waals surface area contributed by atoms with E-state index in [9.17, 15) is 14.8 Å². The third kappa shape index (κ3) is 3.59. The molecule has 0 aliphatic carbocycles. The van der Waals surface area contributed by atoms with Gasteiger partial charge >= 0.3 is 0 Å². The van der Waals surface area contributed by atoms with Crippen LogP contribution >= 0.6 is 0 Å². The van der Waals surface area contributed by atoms with Gasteiger partial charge in [0.1, 0.15) is 5.69 Å². The molecule has 2 aliphatic heterocycles. The summed E-state index contributed by atoms with van der Waals surface area (Å²) in [6.45, 7) is 1.68. The van der Waals surface area contributed by atoms with Crippen LogP contribution in [0.15, 0.2) is 47.4 Å². The first kappa shape index (κ1) is 20.8. The van der Waals surface area contributed by atoms with Gasteiger partial charge in [0.2, 0.25) is 5.91 Å². The molecule has 8 heteroatoms. The number of aromatic nitrogens is 2. The van der Waals surface area contributed by atoms with Crippen molar-refractivity contribution in [2.24, 2.45) is 13.0 Å². The van der Waals surface area contributed by atoms with Crippen molar-refractivity contribution in [3.05, 3.63) is 69.4 Å². The van der Waals surface area contributed by atoms with Gasteiger partial charge < -0.3 is 24.5 Å². The Balaban J connectivity index is 1.25. The summed E-state index contributed by atoms with van der Waals surface area (Å²) < 4.78 is 3.73. The van der Waals surface area contributed by atoms with E-state index >= 15 is 0 Å². The van der Waals surface area contributed by atoms with E-state index in [0.717, 1.165) is 25.0 Å². The minimum Gasteiger partial charge on any atom is -0.733 e. The second-order valence-corrected chi connectivity index (χ2v) is 9.07. The van der Waals surface area contributed by atoms with Gasteiger partial charge in [-0.25, -0.2) is 0 Å². The zero-order valence-electron chi connectivity index (χ0n) is 18.1. The first-order valence-corrected chi connectivity index (χ1v) is 11.1. The van der Waals surface area contributed by atoms with Crippen LogP contribution in [0, 0.1) is 11.1 Å². The monoisotopic (exact) mass is 435 g/mol. The summed E-state index contributed by atoms with van der Waals surface area (Å²) in [5, 5.41) is 21.3. The normalized spacial score (nSPS) is 19.8. The van der Waals surface area contributed by atoms with Crippen LogP contribution in [0.2, 0.25) is 0 Å². The number of fused-ring (bicyclic) bond motifs is 5. The summed E-state index contributed by atoms with van der Waals surface area (Å²) in [7, 11) is 2.05. The van der Waals surface area contributed by atoms with Gasteiger partial charge in [0.25, 0.3) is 5.56 Å². The van der Waals surface area contributed by atoms with E-state index in [1.165, 1.54) is 22.5 Å². The summed E-state index contributed by atoms with van der Waals surface area (Å²) in [6, 6.07) is 11.4. The first-order chi connectivity index (χ1) is 15.4. The van der Waals surface area contributed by atoms with Crippen LogP contribution in [0.1, 0.15) is 36.4 Å². The zero-order chi connectivity index (χ0) is 22.4. The van der Waals surface area contributed by atoms with E-state index in [-0.39, 0.29) is 28.7 Å². The van der Waals surface area contributed by atoms with Crippen molar-refractivity contribution in [2.45, 2.75) is 38.1 Å². The first-order valence-electron chi connectivity index (χ1n) is 11.1. The number of pyridine rings is 1. The third-order valence-electron chi connectivity index (χ3n) is 6.96. The standard InChI is InChI=1S/C24H27N4O4/c1-25-14-17(19-6-2-3-7-21(19)25)5-4-8-23(29)26-12-16-11-18(15-26)20-9-10-22(28(31)32)24(30)27(20)13-16/h2-3,6-7,9-10,14,16,18,31H,4-5,8,11-13,15H2,1H3/q-1/t16-,18+/m0/s1. The smallest absolute Gasteiger partial charge is 0.275 e. The summed E-state index contributed by atoms with van der Waals surface area (Å²) >= 11 is 0. The SMILES string of the molecule is Cn1cc(CCCC(=O)N2C[C@@H]3C[C@H](C2)c2ccc(N([O-])O)c(=O)n2C3)c2ccccc21. The highest BCUT2D eigenvalue weighted by atomic mass is 16.8. The van der Waals surface area contributed by atoms with Crippen LogP contribution in [0.3, 0.4) is 0 Å². The molecule has 1 saturated heterocycles. The molecule has 0 spiro atoms. The molecule has 32 heavy (non-hydrogen) atoms. The Morgan fingerprint density at radius 2 is 2.00 bits per heavy atom. The van der Waals surface area contributed by atoms with Gasteiger partial charge in [-0.1, -0.05) is 18.2 Å². The molecule has 1 fully saturated rings. The van der Waals surface area contributed by atoms with Crippen LogP contribution in [0.5, 0.6) is 0 Å². The van der Waals surface area contributed by atoms with E-state index in [1.54, 1.807) is 10.6 Å². The third-order valence-corrected chi connectivity index (χ3v) is 6.96. The Kier molecular flexibility index (Phi) is 5.27. The van der Waals surface area contributed by atoms with Gasteiger partial charge in [-0.2, -0.15) is 0 Å². The van der Waals surface area contributed by atoms with Crippen molar-refractivity contribution in [3.63, 3.8) is 0 Å². The maximum Gasteiger partial charge on any atom is 0.275 e. The van der Waals surface area contributed by atoms with Gasteiger partial charge in [-0.15, -0.1) is 0 Å². The van der Waals surface area contributed by atoms with Crippen LogP contribution in [0.25, 0.3) is 10.9 Å². The Morgan fingerprint density at radius 3 is 2.81 bits per heavy atom. The average Bonchev–Trinajstić information content (AvgIpc) is 3.10. The molecule has 2 bridgehead atoms. The lowest BCUT2D eigenvalue weighted by Crippen LogP contribution is -2.49. The van der Waals surface area contributed by atoms with Crippen molar-refractivity contribution in [3.8, 4) is 0 Å². The maximum atomic E-state index is 13.0. The lowest BCUT2D eigenvalue weighted by Gasteiger charge is -2.43. The van der Waals surface area contributed by atoms with Crippen LogP contribution in [-0.2, 0) is 24.8 Å². The molecule has 3 aromatic rings. The highest BCUT2D eigenvalue weighted by Crippen LogP contribution is 2.36. The van der Waals surface area contributed by atoms with E-state index < -0.39 is 5.56 Å². The zero-order valence-corrected chi connectivity index (χ0v) is 18.1. The average molecular weight is 436 g/mol. The van der Waals surface area contributed by atoms with Crippen molar-refractivity contribution in [1.29, 1.82) is 0 Å². The lowest BCUT2D eigenvalue weighted by atomic mass is 9.83. The second kappa shape index (κ2) is 8.11. The van der Waals surface area contributed by atoms with Crippen molar-refractivity contribution in [1.82, 2.24) is 14.0 Å². The number of hydrogen-bond acceptors (Lipinski definition) is 5. The molecule has 0 unspecified atom stereocenters. The number of carbonyl (C=O) groups excluding carboxylic acids is 1. The van der Waals surface area contributed by atoms with Gasteiger partial charge in [0.05, 0.1) is 0 Å². The maximum absolute atomic E-state index is 13.0. The Morgan fingerprint density at radius 1 is 1.19 bits per heavy atom. The van der Waals surface area contributed by atoms with Gasteiger partial charge in [-0.3, -0.25) is 14.8 Å². The fraction of sp³-hybridized carbons (Fsp3) is 0.417. The van der Waals surface area contributed by atoms with E-state index in [2.05, 4.69) is 22.9 Å². The minimum absolute atomic E-state index is 0.0741. The number of piperidine rings is 1. The van der Waals surface area contributed by atoms with Crippen LogP contribution in [-0.4, -0.2) is 38.2 Å². The molecule has 4 heterocycles. The number of para-hydroxylation sites is 1. The topological polar surface area (TPSA) is 93.8 Å². The number of amides is 1. The molecule has 2 atom stereocenters. The van der Waals surface area contributed by atoms with Gasteiger partial charge in [-0.05, 0) is 48.9 Å². The highest BCUT2D eigenvalue weighted by Gasteiger charge is 2.36. The highest BCUT2D eigenvalue weighted by molar-refractivity contribution is 5.84. The Hall–Kier alpha value is -3.10. The molecule has 1 aromatic carbocycles. The molecule has 1 N–H and O–H groups in total. The molecular formula is C24H27N4O4-. The number of carbonyl (C=O) groups is 1. The molecule has 8 nitrogen and oxygen atoms in total. The number of aryl methyl sites for hydroxylation is 2. The minimum atomic E-state index is -0.468. The molecular weight excluding hydrogens is 408 g/mol. The van der Waals surface area contributed by atoms with Crippen LogP contribution in [0.4, 0.5) is 5.69 Å².